The van der Waals surface area contributed by atoms with Crippen LogP contribution in [0, 0.1) is 0 Å². The van der Waals surface area contributed by atoms with E-state index in [1.807, 2.05) is 48.3 Å². The van der Waals surface area contributed by atoms with E-state index in [2.05, 4.69) is 5.32 Å². The Labute approximate surface area is 128 Å². The van der Waals surface area contributed by atoms with E-state index in [9.17, 15) is 9.90 Å². The van der Waals surface area contributed by atoms with Crippen LogP contribution in [0.25, 0.3) is 0 Å². The Morgan fingerprint density at radius 2 is 2.05 bits per heavy atom. The van der Waals surface area contributed by atoms with Crippen LogP contribution in [0.15, 0.2) is 42.5 Å². The van der Waals surface area contributed by atoms with Gasteiger partial charge in [0.1, 0.15) is 0 Å². The summed E-state index contributed by atoms with van der Waals surface area (Å²) in [5, 5.41) is 13.1. The van der Waals surface area contributed by atoms with Crippen molar-refractivity contribution in [3.8, 4) is 0 Å². The number of rotatable bonds is 3. The van der Waals surface area contributed by atoms with Crippen molar-refractivity contribution >= 4 is 28.9 Å². The molecule has 1 unspecified atom stereocenters. The van der Waals surface area contributed by atoms with E-state index in [-0.39, 0.29) is 5.91 Å². The summed E-state index contributed by atoms with van der Waals surface area (Å²) in [6, 6.07) is 13.2. The lowest BCUT2D eigenvalue weighted by Gasteiger charge is -2.21. The fourth-order valence-corrected chi connectivity index (χ4v) is 2.64. The van der Waals surface area contributed by atoms with Crippen LogP contribution in [-0.2, 0) is 11.3 Å². The average molecular weight is 303 g/mol. The molecule has 0 saturated heterocycles. The first-order chi connectivity index (χ1) is 10.1. The molecule has 5 heteroatoms. The van der Waals surface area contributed by atoms with Crippen LogP contribution in [0.2, 0.25) is 5.02 Å². The van der Waals surface area contributed by atoms with E-state index in [0.717, 1.165) is 16.3 Å². The lowest BCUT2D eigenvalue weighted by atomic mass is 10.1. The summed E-state index contributed by atoms with van der Waals surface area (Å²) in [5.74, 6) is -0.379. The van der Waals surface area contributed by atoms with E-state index in [4.69, 9.17) is 11.6 Å². The molecule has 0 bridgehead atoms. The third-order valence-corrected chi connectivity index (χ3v) is 4.01. The van der Waals surface area contributed by atoms with Crippen molar-refractivity contribution < 1.29 is 9.90 Å². The van der Waals surface area contributed by atoms with Crippen LogP contribution in [-0.4, -0.2) is 18.1 Å². The highest BCUT2D eigenvalue weighted by Crippen LogP contribution is 2.34. The largest absolute Gasteiger partial charge is 0.378 e. The Morgan fingerprint density at radius 1 is 1.29 bits per heavy atom. The van der Waals surface area contributed by atoms with Crippen molar-refractivity contribution in [1.82, 2.24) is 0 Å². The molecule has 1 heterocycles. The highest BCUT2D eigenvalue weighted by Gasteiger charge is 2.28. The first kappa shape index (κ1) is 13.9. The number of hydrogen-bond donors (Lipinski definition) is 2. The number of halogens is 1. The number of fused-ring (bicyclic) bond motifs is 1. The molecule has 1 amide bonds. The normalized spacial score (nSPS) is 16.5. The predicted octanol–water partition coefficient (Wildman–Crippen LogP) is 2.96. The topological polar surface area (TPSA) is 52.6 Å². The minimum absolute atomic E-state index is 0.379. The van der Waals surface area contributed by atoms with E-state index in [1.165, 1.54) is 0 Å². The Hall–Kier alpha value is -2.04. The third-order valence-electron chi connectivity index (χ3n) is 3.64. The number of nitrogens with zero attached hydrogens (tertiary/aromatic N) is 1. The number of aliphatic hydroxyl groups is 1. The number of aliphatic hydroxyl groups excluding tert-OH is 1. The number of hydrogen-bond acceptors (Lipinski definition) is 3. The molecule has 0 aliphatic carbocycles. The monoisotopic (exact) mass is 302 g/mol. The fraction of sp³-hybridized carbons (Fsp3) is 0.188. The summed E-state index contributed by atoms with van der Waals surface area (Å²) < 4.78 is 0. The van der Waals surface area contributed by atoms with Gasteiger partial charge in [-0.25, -0.2) is 0 Å². The van der Waals surface area contributed by atoms with E-state index in [0.29, 0.717) is 17.8 Å². The van der Waals surface area contributed by atoms with Crippen LogP contribution in [0.3, 0.4) is 0 Å². The summed E-state index contributed by atoms with van der Waals surface area (Å²) in [6.07, 6.45) is -1.07. The molecule has 2 aromatic rings. The zero-order valence-corrected chi connectivity index (χ0v) is 12.3. The highest BCUT2D eigenvalue weighted by atomic mass is 35.5. The molecule has 4 nitrogen and oxygen atoms in total. The van der Waals surface area contributed by atoms with Crippen LogP contribution in [0.5, 0.6) is 0 Å². The van der Waals surface area contributed by atoms with Gasteiger partial charge in [0.05, 0.1) is 0 Å². The summed E-state index contributed by atoms with van der Waals surface area (Å²) in [4.78, 5) is 13.5. The summed E-state index contributed by atoms with van der Waals surface area (Å²) in [5.41, 5.74) is 3.26. The molecular weight excluding hydrogens is 288 g/mol. The fourth-order valence-electron chi connectivity index (χ4n) is 2.44. The Morgan fingerprint density at radius 3 is 2.81 bits per heavy atom. The molecule has 0 fully saturated rings. The molecule has 0 spiro atoms. The second-order valence-corrected chi connectivity index (χ2v) is 5.52. The van der Waals surface area contributed by atoms with Gasteiger partial charge in [-0.3, -0.25) is 4.79 Å². The molecule has 1 aliphatic rings. The molecule has 0 saturated carbocycles. The molecule has 2 aromatic carbocycles. The van der Waals surface area contributed by atoms with E-state index in [1.54, 1.807) is 6.07 Å². The molecule has 3 rings (SSSR count). The maximum absolute atomic E-state index is 11.5. The van der Waals surface area contributed by atoms with Gasteiger partial charge in [-0.15, -0.1) is 0 Å². The van der Waals surface area contributed by atoms with Crippen LogP contribution in [0.1, 0.15) is 17.2 Å². The van der Waals surface area contributed by atoms with Crippen LogP contribution >= 0.6 is 11.6 Å². The number of nitrogens with one attached hydrogen (secondary N) is 1. The van der Waals surface area contributed by atoms with Gasteiger partial charge < -0.3 is 15.3 Å². The Balaban J connectivity index is 1.84. The molecule has 21 heavy (non-hydrogen) atoms. The second-order valence-electron chi connectivity index (χ2n) is 5.11. The van der Waals surface area contributed by atoms with E-state index < -0.39 is 6.10 Å². The van der Waals surface area contributed by atoms with Gasteiger partial charge in [-0.1, -0.05) is 35.9 Å². The maximum Gasteiger partial charge on any atom is 0.257 e. The van der Waals surface area contributed by atoms with Gasteiger partial charge in [0.25, 0.3) is 5.91 Å². The lowest BCUT2D eigenvalue weighted by Crippen LogP contribution is -2.16. The van der Waals surface area contributed by atoms with Crippen molar-refractivity contribution in [3.05, 3.63) is 58.6 Å². The molecule has 0 radical (unpaired) electrons. The van der Waals surface area contributed by atoms with Crippen molar-refractivity contribution in [2.24, 2.45) is 0 Å². The molecular formula is C16H15ClN2O2. The number of carbonyl (C=O) groups excluding carboxylic acids is 1. The molecule has 0 aromatic heterocycles. The maximum atomic E-state index is 11.5. The molecule has 2 N–H and O–H groups in total. The SMILES string of the molecule is CN(Cc1ccccc1Cl)c1ccc2c(c1)NC(=O)C2O. The summed E-state index contributed by atoms with van der Waals surface area (Å²) >= 11 is 6.17. The number of amides is 1. The van der Waals surface area contributed by atoms with Crippen molar-refractivity contribution in [3.63, 3.8) is 0 Å². The number of anilines is 2. The van der Waals surface area contributed by atoms with Crippen LogP contribution in [0.4, 0.5) is 11.4 Å². The highest BCUT2D eigenvalue weighted by molar-refractivity contribution is 6.31. The zero-order chi connectivity index (χ0) is 15.0. The van der Waals surface area contributed by atoms with Gasteiger partial charge in [-0.05, 0) is 23.8 Å². The number of carbonyl (C=O) groups is 1. The lowest BCUT2D eigenvalue weighted by molar-refractivity contribution is -0.123. The van der Waals surface area contributed by atoms with Crippen molar-refractivity contribution in [1.29, 1.82) is 0 Å². The Bertz CT molecular complexity index is 702. The molecule has 1 atom stereocenters. The summed E-state index contributed by atoms with van der Waals surface area (Å²) in [6.45, 7) is 0.662. The van der Waals surface area contributed by atoms with Crippen molar-refractivity contribution in [2.75, 3.05) is 17.3 Å². The summed E-state index contributed by atoms with van der Waals surface area (Å²) in [7, 11) is 1.96. The van der Waals surface area contributed by atoms with Crippen LogP contribution < -0.4 is 10.2 Å². The smallest absolute Gasteiger partial charge is 0.257 e. The van der Waals surface area contributed by atoms with Gasteiger partial charge in [0.15, 0.2) is 6.10 Å². The minimum Gasteiger partial charge on any atom is -0.378 e. The third kappa shape index (κ3) is 2.60. The van der Waals surface area contributed by atoms with Crippen molar-refractivity contribution in [2.45, 2.75) is 12.6 Å². The first-order valence-electron chi connectivity index (χ1n) is 6.63. The quantitative estimate of drug-likeness (QED) is 0.916. The first-order valence-corrected chi connectivity index (χ1v) is 7.01. The predicted molar refractivity (Wildman–Crippen MR) is 83.6 cm³/mol. The molecule has 108 valence electrons. The standard InChI is InChI=1S/C16H15ClN2O2/c1-19(9-10-4-2-3-5-13(10)17)11-6-7-12-14(8-11)18-16(21)15(12)20/h2-8,15,20H,9H2,1H3,(H,18,21). The van der Waals surface area contributed by atoms with Gasteiger partial charge in [0, 0.05) is 35.6 Å². The average Bonchev–Trinajstić information content (AvgIpc) is 2.76. The van der Waals surface area contributed by atoms with Gasteiger partial charge in [-0.2, -0.15) is 0 Å². The van der Waals surface area contributed by atoms with Gasteiger partial charge >= 0.3 is 0 Å². The number of benzene rings is 2. The molecule has 1 aliphatic heterocycles. The van der Waals surface area contributed by atoms with Gasteiger partial charge in [0.2, 0.25) is 0 Å². The Kier molecular flexibility index (Phi) is 3.57. The van der Waals surface area contributed by atoms with E-state index >= 15 is 0 Å². The zero-order valence-electron chi connectivity index (χ0n) is 11.5. The second kappa shape index (κ2) is 5.39. The minimum atomic E-state index is -1.07.